The zero-order valence-electron chi connectivity index (χ0n) is 13.6. The number of nitrogens with zero attached hydrogens (tertiary/aromatic N) is 2. The predicted octanol–water partition coefficient (Wildman–Crippen LogP) is 3.52. The van der Waals surface area contributed by atoms with E-state index in [1.54, 1.807) is 0 Å². The van der Waals surface area contributed by atoms with E-state index >= 15 is 0 Å². The zero-order chi connectivity index (χ0) is 14.7. The molecule has 0 bridgehead atoms. The minimum absolute atomic E-state index is 0.755. The first-order chi connectivity index (χ1) is 10.3. The first-order valence-corrected chi connectivity index (χ1v) is 8.73. The van der Waals surface area contributed by atoms with Gasteiger partial charge in [0.1, 0.15) is 5.82 Å². The standard InChI is InChI=1S/C18H29N3/c1-3-6-16-11-14(13-19-2)12-18(20-16)21-10-5-8-15-7-4-9-17(15)21/h11-12,15,17,19H,3-10,13H2,1-2H3. The van der Waals surface area contributed by atoms with Crippen LogP contribution < -0.4 is 10.2 Å². The third kappa shape index (κ3) is 3.23. The van der Waals surface area contributed by atoms with Crippen molar-refractivity contribution in [3.8, 4) is 0 Å². The molecule has 0 radical (unpaired) electrons. The smallest absolute Gasteiger partial charge is 0.129 e. The number of pyridine rings is 1. The fourth-order valence-electron chi connectivity index (χ4n) is 4.21. The summed E-state index contributed by atoms with van der Waals surface area (Å²) >= 11 is 0. The summed E-state index contributed by atoms with van der Waals surface area (Å²) in [5.41, 5.74) is 2.64. The summed E-state index contributed by atoms with van der Waals surface area (Å²) < 4.78 is 0. The molecule has 1 aromatic rings. The molecule has 2 unspecified atom stereocenters. The molecule has 2 atom stereocenters. The van der Waals surface area contributed by atoms with Gasteiger partial charge < -0.3 is 10.2 Å². The monoisotopic (exact) mass is 287 g/mol. The second kappa shape index (κ2) is 6.78. The Morgan fingerprint density at radius 3 is 2.90 bits per heavy atom. The number of nitrogens with one attached hydrogen (secondary N) is 1. The van der Waals surface area contributed by atoms with Crippen LogP contribution in [-0.4, -0.2) is 24.6 Å². The maximum atomic E-state index is 4.99. The molecule has 1 aromatic heterocycles. The van der Waals surface area contributed by atoms with Crippen molar-refractivity contribution in [2.24, 2.45) is 5.92 Å². The van der Waals surface area contributed by atoms with Crippen LogP contribution in [0.1, 0.15) is 56.7 Å². The Morgan fingerprint density at radius 2 is 2.10 bits per heavy atom. The summed E-state index contributed by atoms with van der Waals surface area (Å²) in [4.78, 5) is 7.61. The fourth-order valence-corrected chi connectivity index (χ4v) is 4.21. The van der Waals surface area contributed by atoms with E-state index in [2.05, 4.69) is 29.3 Å². The molecule has 3 nitrogen and oxygen atoms in total. The van der Waals surface area contributed by atoms with Gasteiger partial charge >= 0.3 is 0 Å². The second-order valence-electron chi connectivity index (χ2n) is 6.70. The average Bonchev–Trinajstić information content (AvgIpc) is 2.96. The van der Waals surface area contributed by atoms with Crippen LogP contribution in [0.25, 0.3) is 0 Å². The highest BCUT2D eigenvalue weighted by molar-refractivity contribution is 5.45. The minimum Gasteiger partial charge on any atom is -0.353 e. The molecule has 116 valence electrons. The Morgan fingerprint density at radius 1 is 1.24 bits per heavy atom. The lowest BCUT2D eigenvalue weighted by atomic mass is 9.92. The van der Waals surface area contributed by atoms with Crippen LogP contribution in [0.3, 0.4) is 0 Å². The second-order valence-corrected chi connectivity index (χ2v) is 6.70. The molecular weight excluding hydrogens is 258 g/mol. The van der Waals surface area contributed by atoms with Gasteiger partial charge in [-0.3, -0.25) is 0 Å². The number of anilines is 1. The molecular formula is C18H29N3. The summed E-state index contributed by atoms with van der Waals surface area (Å²) in [6.07, 6.45) is 9.23. The highest BCUT2D eigenvalue weighted by Gasteiger charge is 2.35. The van der Waals surface area contributed by atoms with E-state index in [4.69, 9.17) is 4.98 Å². The van der Waals surface area contributed by atoms with E-state index in [9.17, 15) is 0 Å². The maximum absolute atomic E-state index is 4.99. The Balaban J connectivity index is 1.88. The third-order valence-electron chi connectivity index (χ3n) is 5.10. The van der Waals surface area contributed by atoms with Crippen molar-refractivity contribution in [1.29, 1.82) is 0 Å². The van der Waals surface area contributed by atoms with E-state index in [1.165, 1.54) is 62.1 Å². The van der Waals surface area contributed by atoms with Gasteiger partial charge in [-0.1, -0.05) is 19.8 Å². The number of aryl methyl sites for hydroxylation is 1. The highest BCUT2D eigenvalue weighted by atomic mass is 15.2. The lowest BCUT2D eigenvalue weighted by molar-refractivity contribution is 0.360. The van der Waals surface area contributed by atoms with E-state index in [0.29, 0.717) is 0 Å². The van der Waals surface area contributed by atoms with E-state index < -0.39 is 0 Å². The minimum atomic E-state index is 0.755. The van der Waals surface area contributed by atoms with Crippen molar-refractivity contribution < 1.29 is 0 Å². The fraction of sp³-hybridized carbons (Fsp3) is 0.722. The van der Waals surface area contributed by atoms with Crippen molar-refractivity contribution in [3.63, 3.8) is 0 Å². The number of rotatable bonds is 5. The van der Waals surface area contributed by atoms with Crippen LogP contribution in [0.4, 0.5) is 5.82 Å². The maximum Gasteiger partial charge on any atom is 0.129 e. The van der Waals surface area contributed by atoms with Gasteiger partial charge in [-0.25, -0.2) is 4.98 Å². The van der Waals surface area contributed by atoms with Gasteiger partial charge in [0.05, 0.1) is 0 Å². The Bertz CT molecular complexity index is 447. The van der Waals surface area contributed by atoms with Crippen LogP contribution >= 0.6 is 0 Å². The molecule has 1 saturated heterocycles. The van der Waals surface area contributed by atoms with Crippen molar-refractivity contribution in [3.05, 3.63) is 23.4 Å². The normalized spacial score (nSPS) is 25.1. The number of aromatic nitrogens is 1. The molecule has 2 fully saturated rings. The molecule has 3 rings (SSSR count). The summed E-state index contributed by atoms with van der Waals surface area (Å²) in [6, 6.07) is 5.35. The lowest BCUT2D eigenvalue weighted by Gasteiger charge is -2.39. The first kappa shape index (κ1) is 14.8. The van der Waals surface area contributed by atoms with Gasteiger partial charge in [0, 0.05) is 24.8 Å². The van der Waals surface area contributed by atoms with Gasteiger partial charge in [0.15, 0.2) is 0 Å². The molecule has 2 aliphatic rings. The molecule has 0 aromatic carbocycles. The van der Waals surface area contributed by atoms with Crippen molar-refractivity contribution in [2.75, 3.05) is 18.5 Å². The SMILES string of the molecule is CCCc1cc(CNC)cc(N2CCCC3CCCC32)n1. The van der Waals surface area contributed by atoms with E-state index in [0.717, 1.165) is 24.9 Å². The Hall–Kier alpha value is -1.09. The Kier molecular flexibility index (Phi) is 4.79. The van der Waals surface area contributed by atoms with Crippen molar-refractivity contribution >= 4 is 5.82 Å². The number of piperidine rings is 1. The average molecular weight is 287 g/mol. The molecule has 1 N–H and O–H groups in total. The van der Waals surface area contributed by atoms with E-state index in [-0.39, 0.29) is 0 Å². The van der Waals surface area contributed by atoms with E-state index in [1.807, 2.05) is 7.05 Å². The van der Waals surface area contributed by atoms with Crippen molar-refractivity contribution in [1.82, 2.24) is 10.3 Å². The summed E-state index contributed by atoms with van der Waals surface area (Å²) in [7, 11) is 2.02. The summed E-state index contributed by atoms with van der Waals surface area (Å²) in [5, 5.41) is 3.28. The van der Waals surface area contributed by atoms with Gasteiger partial charge in [0.2, 0.25) is 0 Å². The highest BCUT2D eigenvalue weighted by Crippen LogP contribution is 2.38. The topological polar surface area (TPSA) is 28.2 Å². The third-order valence-corrected chi connectivity index (χ3v) is 5.10. The summed E-state index contributed by atoms with van der Waals surface area (Å²) in [5.74, 6) is 2.16. The van der Waals surface area contributed by atoms with Gasteiger partial charge in [0.25, 0.3) is 0 Å². The Labute approximate surface area is 129 Å². The molecule has 1 aliphatic carbocycles. The molecule has 0 spiro atoms. The summed E-state index contributed by atoms with van der Waals surface area (Å²) in [6.45, 7) is 4.37. The van der Waals surface area contributed by atoms with Gasteiger partial charge in [-0.05, 0) is 62.8 Å². The largest absolute Gasteiger partial charge is 0.353 e. The number of hydrogen-bond acceptors (Lipinski definition) is 3. The molecule has 1 aliphatic heterocycles. The quantitative estimate of drug-likeness (QED) is 0.898. The van der Waals surface area contributed by atoms with Gasteiger partial charge in [-0.15, -0.1) is 0 Å². The molecule has 3 heteroatoms. The van der Waals surface area contributed by atoms with Crippen LogP contribution in [0.2, 0.25) is 0 Å². The molecule has 0 amide bonds. The van der Waals surface area contributed by atoms with Crippen LogP contribution in [-0.2, 0) is 13.0 Å². The molecule has 21 heavy (non-hydrogen) atoms. The lowest BCUT2D eigenvalue weighted by Crippen LogP contribution is -2.43. The predicted molar refractivity (Wildman–Crippen MR) is 88.7 cm³/mol. The van der Waals surface area contributed by atoms with Crippen molar-refractivity contribution in [2.45, 2.75) is 64.5 Å². The van der Waals surface area contributed by atoms with Gasteiger partial charge in [-0.2, -0.15) is 0 Å². The molecule has 2 heterocycles. The van der Waals surface area contributed by atoms with Crippen LogP contribution in [0.15, 0.2) is 12.1 Å². The van der Waals surface area contributed by atoms with Crippen LogP contribution in [0, 0.1) is 5.92 Å². The zero-order valence-corrected chi connectivity index (χ0v) is 13.6. The molecule has 1 saturated carbocycles. The number of fused-ring (bicyclic) bond motifs is 1. The first-order valence-electron chi connectivity index (χ1n) is 8.73. The number of hydrogen-bond donors (Lipinski definition) is 1. The van der Waals surface area contributed by atoms with Crippen LogP contribution in [0.5, 0.6) is 0 Å².